The Morgan fingerprint density at radius 1 is 0.750 bits per heavy atom. The van der Waals surface area contributed by atoms with Gasteiger partial charge in [0.2, 0.25) is 0 Å². The van der Waals surface area contributed by atoms with Crippen LogP contribution in [-0.2, 0) is 27.8 Å². The molecule has 0 aromatic heterocycles. The number of phosphoric ester groups is 2. The van der Waals surface area contributed by atoms with E-state index in [0.29, 0.717) is 0 Å². The first-order valence-electron chi connectivity index (χ1n) is 3.77. The maximum atomic E-state index is 10.7. The third-order valence-electron chi connectivity index (χ3n) is 1.20. The molecule has 20 heavy (non-hydrogen) atoms. The van der Waals surface area contributed by atoms with Gasteiger partial charge in [0.05, 0.1) is 0 Å². The first kappa shape index (κ1) is 27.3. The van der Waals surface area contributed by atoms with Gasteiger partial charge in [-0.15, -0.1) is 0 Å². The first-order chi connectivity index (χ1) is 7.83. The van der Waals surface area contributed by atoms with Gasteiger partial charge in [0.25, 0.3) is 0 Å². The summed E-state index contributed by atoms with van der Waals surface area (Å²) in [6.45, 7) is 0. The summed E-state index contributed by atoms with van der Waals surface area (Å²) in [5.41, 5.74) is 0. The topological polar surface area (TPSA) is 208 Å². The summed E-state index contributed by atoms with van der Waals surface area (Å²) in [7, 11) is -10.6. The molecule has 0 fully saturated rings. The molecule has 0 heterocycles. The van der Waals surface area contributed by atoms with Crippen molar-refractivity contribution in [3.63, 3.8) is 0 Å². The van der Waals surface area contributed by atoms with Gasteiger partial charge < -0.3 is 19.3 Å². The molecule has 0 aliphatic carbocycles. The molecular formula is C4H10K2O12P2. The second-order valence-electron chi connectivity index (χ2n) is 2.69. The van der Waals surface area contributed by atoms with Crippen molar-refractivity contribution in [3.8, 4) is 0 Å². The molecule has 0 aliphatic heterocycles. The molecule has 0 bridgehead atoms. The van der Waals surface area contributed by atoms with Crippen molar-refractivity contribution in [3.05, 3.63) is 0 Å². The van der Waals surface area contributed by atoms with E-state index >= 15 is 0 Å². The van der Waals surface area contributed by atoms with E-state index in [0.717, 1.165) is 0 Å². The van der Waals surface area contributed by atoms with Gasteiger partial charge in [-0.3, -0.25) is 19.6 Å². The molecule has 0 aromatic carbocycles. The van der Waals surface area contributed by atoms with Crippen molar-refractivity contribution < 1.29 is 57.6 Å². The molecule has 0 aromatic rings. The molecule has 110 valence electrons. The SMILES string of the molecule is O=C(OP(=O)(O)O)C(O)C(O)C(=O)OP(=O)(O)O.[KH].[KH]. The Morgan fingerprint density at radius 3 is 1.10 bits per heavy atom. The molecule has 0 radical (unpaired) electrons. The number of aliphatic hydroxyl groups excluding tert-OH is 2. The van der Waals surface area contributed by atoms with Crippen molar-refractivity contribution in [2.75, 3.05) is 0 Å². The zero-order valence-electron chi connectivity index (χ0n) is 8.18. The van der Waals surface area contributed by atoms with Gasteiger partial charge in [0, 0.05) is 0 Å². The van der Waals surface area contributed by atoms with Gasteiger partial charge in [0.1, 0.15) is 0 Å². The number of carbonyl (C=O) groups excluding carboxylic acids is 2. The van der Waals surface area contributed by atoms with Crippen LogP contribution in [0, 0.1) is 0 Å². The summed E-state index contributed by atoms with van der Waals surface area (Å²) in [4.78, 5) is 54.2. The number of aliphatic hydroxyl groups is 2. The number of carbonyl (C=O) groups is 2. The number of phosphoric acid groups is 2. The Kier molecular flexibility index (Phi) is 15.1. The molecule has 2 atom stereocenters. The van der Waals surface area contributed by atoms with E-state index in [9.17, 15) is 18.7 Å². The fourth-order valence-electron chi connectivity index (χ4n) is 0.600. The quantitative estimate of drug-likeness (QED) is 0.194. The van der Waals surface area contributed by atoms with Crippen LogP contribution in [0.3, 0.4) is 0 Å². The van der Waals surface area contributed by atoms with Gasteiger partial charge in [-0.05, 0) is 0 Å². The number of hydrogen-bond donors (Lipinski definition) is 6. The predicted molar refractivity (Wildman–Crippen MR) is 62.6 cm³/mol. The summed E-state index contributed by atoms with van der Waals surface area (Å²) in [5.74, 6) is -4.17. The van der Waals surface area contributed by atoms with E-state index in [1.165, 1.54) is 0 Å². The Balaban J connectivity index is -0.00000144. The Labute approximate surface area is 196 Å². The maximum absolute atomic E-state index is 10.7. The minimum absolute atomic E-state index is 0. The van der Waals surface area contributed by atoms with E-state index in [2.05, 4.69) is 9.05 Å². The third-order valence-corrected chi connectivity index (χ3v) is 2.04. The van der Waals surface area contributed by atoms with Crippen LogP contribution in [0.5, 0.6) is 0 Å². The molecule has 0 saturated heterocycles. The van der Waals surface area contributed by atoms with E-state index in [1.807, 2.05) is 0 Å². The molecule has 0 rings (SSSR count). The summed E-state index contributed by atoms with van der Waals surface area (Å²) < 4.78 is 27.0. The third kappa shape index (κ3) is 12.9. The first-order valence-corrected chi connectivity index (χ1v) is 6.83. The van der Waals surface area contributed by atoms with Crippen LogP contribution in [-0.4, -0.2) is 157 Å². The molecule has 0 spiro atoms. The molecule has 0 amide bonds. The Morgan fingerprint density at radius 2 is 0.950 bits per heavy atom. The second-order valence-corrected chi connectivity index (χ2v) is 5.02. The van der Waals surface area contributed by atoms with Crippen LogP contribution in [0.25, 0.3) is 0 Å². The summed E-state index contributed by atoms with van der Waals surface area (Å²) >= 11 is 0. The predicted octanol–water partition coefficient (Wildman–Crippen LogP) is -4.32. The monoisotopic (exact) mass is 390 g/mol. The van der Waals surface area contributed by atoms with Crippen LogP contribution in [0.15, 0.2) is 0 Å². The average Bonchev–Trinajstić information content (AvgIpc) is 2.09. The molecule has 12 nitrogen and oxygen atoms in total. The summed E-state index contributed by atoms with van der Waals surface area (Å²) in [6.07, 6.45) is -5.59. The average molecular weight is 390 g/mol. The van der Waals surface area contributed by atoms with Crippen LogP contribution in [0.2, 0.25) is 0 Å². The van der Waals surface area contributed by atoms with Gasteiger partial charge in [-0.2, -0.15) is 0 Å². The second kappa shape index (κ2) is 11.1. The molecule has 0 saturated carbocycles. The van der Waals surface area contributed by atoms with Crippen LogP contribution in [0.4, 0.5) is 0 Å². The zero-order chi connectivity index (χ0) is 14.7. The zero-order valence-corrected chi connectivity index (χ0v) is 9.97. The van der Waals surface area contributed by atoms with E-state index in [1.54, 1.807) is 0 Å². The Bertz CT molecular complexity index is 385. The molecule has 2 unspecified atom stereocenters. The number of hydrogen-bond acceptors (Lipinski definition) is 8. The van der Waals surface area contributed by atoms with Crippen LogP contribution in [0.1, 0.15) is 0 Å². The molecule has 16 heteroatoms. The summed E-state index contributed by atoms with van der Waals surface area (Å²) in [6, 6.07) is 0. The number of rotatable bonds is 5. The molecular weight excluding hydrogens is 380 g/mol. The van der Waals surface area contributed by atoms with Crippen molar-refractivity contribution in [2.45, 2.75) is 12.2 Å². The fourth-order valence-corrected chi connectivity index (χ4v) is 1.29. The van der Waals surface area contributed by atoms with Crippen LogP contribution < -0.4 is 0 Å². The standard InChI is InChI=1S/C4H8O12P2.2K.2H/c5-1(3(7)15-17(9,10)11)2(6)4(8)16-18(12,13)14;;;;/h1-2,5-6H,(H2,9,10,11)(H2,12,13,14);;;;. The molecule has 6 N–H and O–H groups in total. The van der Waals surface area contributed by atoms with Crippen molar-refractivity contribution in [1.29, 1.82) is 0 Å². The molecule has 0 aliphatic rings. The van der Waals surface area contributed by atoms with E-state index in [-0.39, 0.29) is 103 Å². The van der Waals surface area contributed by atoms with Gasteiger partial charge in [0.15, 0.2) is 12.2 Å². The van der Waals surface area contributed by atoms with Gasteiger partial charge in [-0.1, -0.05) is 0 Å². The van der Waals surface area contributed by atoms with Crippen LogP contribution >= 0.6 is 15.6 Å². The van der Waals surface area contributed by atoms with E-state index in [4.69, 9.17) is 29.8 Å². The van der Waals surface area contributed by atoms with Crippen molar-refractivity contribution >= 4 is 130 Å². The van der Waals surface area contributed by atoms with Crippen molar-refractivity contribution in [2.24, 2.45) is 0 Å². The van der Waals surface area contributed by atoms with Gasteiger partial charge >= 0.3 is 130 Å². The normalized spacial score (nSPS) is 14.1. The Hall–Kier alpha value is 2.43. The van der Waals surface area contributed by atoms with Gasteiger partial charge in [-0.25, -0.2) is 18.7 Å². The fraction of sp³-hybridized carbons (Fsp3) is 0.500. The summed E-state index contributed by atoms with van der Waals surface area (Å²) in [5, 5.41) is 17.8. The van der Waals surface area contributed by atoms with E-state index < -0.39 is 39.8 Å². The van der Waals surface area contributed by atoms with Crippen molar-refractivity contribution in [1.82, 2.24) is 0 Å². The minimum atomic E-state index is -5.31.